The van der Waals surface area contributed by atoms with E-state index < -0.39 is 156 Å². The average Bonchev–Trinajstić information content (AvgIpc) is 0.731. The molecule has 4 aromatic rings. The lowest BCUT2D eigenvalue weighted by Crippen LogP contribution is -2.55. The summed E-state index contributed by atoms with van der Waals surface area (Å²) in [5.41, 5.74) is 9.59. The highest BCUT2D eigenvalue weighted by molar-refractivity contribution is 9.11. The van der Waals surface area contributed by atoms with E-state index in [1.54, 1.807) is 101 Å². The summed E-state index contributed by atoms with van der Waals surface area (Å²) in [4.78, 5) is 17.6. The lowest BCUT2D eigenvalue weighted by molar-refractivity contribution is -0.162. The van der Waals surface area contributed by atoms with E-state index >= 15 is 17.6 Å². The van der Waals surface area contributed by atoms with Gasteiger partial charge in [0.1, 0.15) is 83.8 Å². The molecule has 842 valence electrons. The van der Waals surface area contributed by atoms with E-state index in [-0.39, 0.29) is 91.3 Å². The lowest BCUT2D eigenvalue weighted by atomic mass is 10.0. The topological polar surface area (TPSA) is 452 Å². The molecule has 0 aromatic carbocycles. The third kappa shape index (κ3) is 37.5. The van der Waals surface area contributed by atoms with Crippen LogP contribution in [0.5, 0.6) is 0 Å². The lowest BCUT2D eigenvalue weighted by Gasteiger charge is -2.37. The number of halogens is 8. The van der Waals surface area contributed by atoms with Crippen molar-refractivity contribution in [3.63, 3.8) is 0 Å². The normalized spacial score (nSPS) is 18.0. The van der Waals surface area contributed by atoms with Gasteiger partial charge in [-0.05, 0) is 278 Å². The fourth-order valence-corrected chi connectivity index (χ4v) is 43.7. The van der Waals surface area contributed by atoms with Crippen LogP contribution in [0.3, 0.4) is 0 Å². The maximum Gasteiger partial charge on any atom is 0.189 e. The van der Waals surface area contributed by atoms with Gasteiger partial charge in [-0.1, -0.05) is 156 Å². The van der Waals surface area contributed by atoms with Crippen LogP contribution in [-0.2, 0) is 96.5 Å². The minimum atomic E-state index is -3.34. The maximum atomic E-state index is 16.8. The molecule has 0 amide bonds. The molecule has 0 saturated carbocycles. The fourth-order valence-electron chi connectivity index (χ4n) is 17.1. The summed E-state index contributed by atoms with van der Waals surface area (Å²) in [5.74, 6) is -2.31. The number of aliphatic hydroxyl groups is 2. The summed E-state index contributed by atoms with van der Waals surface area (Å²) < 4.78 is 188. The van der Waals surface area contributed by atoms with Crippen molar-refractivity contribution in [3.8, 4) is 24.3 Å². The molecule has 2 fully saturated rings. The number of nitriles is 4. The number of aromatic nitrogens is 4. The van der Waals surface area contributed by atoms with Crippen molar-refractivity contribution in [3.05, 3.63) is 95.1 Å². The van der Waals surface area contributed by atoms with Crippen LogP contribution >= 0.6 is 63.7 Å². The summed E-state index contributed by atoms with van der Waals surface area (Å²) in [6.45, 7) is 58.4. The van der Waals surface area contributed by atoms with Gasteiger partial charge in [-0.15, -0.1) is 0 Å². The number of pyridine rings is 4. The Bertz CT molecular complexity index is 5630. The number of aliphatic hydroxyl groups excluding tert-OH is 2. The standard InChI is InChI=1S/C30H52BrFN4O4S2Si.2C21H36BrFN4O2SSi.C17H28BrFN2OSSi.C13H23N2O3S/c1-10-43(11-2,12-3)23-20-24(31)35-27(26(23)32)30(9,36-41(37)28(4,5)6)22-42(38,29(7,8)21-33)34-17-15-19-40-25-16-13-14-18-39-25;2*1-7-31(8-2,9-3)16-13-17(22)27-19(18(16)23)21(6,25)15-30(29,20(4,5)14-24)26-11-10-12-28;1-8-24(9-2,10-3)13-11-14(18)20-16(15(13)19)12(4)21-23(22)17(5,6)7;1-13(2,11-14)19(3,16)15-8-6-10-18-12-7-4-5-9-17-12/h20,25,36H,10-19,22H2,1-9H3;2*13,28H,7-12,15,25H2,1-6H3;11H,8-10H2,1-7H3;5,12H,4,6-10H2,1-3H3/q;;;;+1/t25?,30-,41+,42?;21-,30+;21-,30-;23-;/m0001./s1. The van der Waals surface area contributed by atoms with Crippen LogP contribution in [0.15, 0.2) is 64.5 Å². The number of nitrogens with one attached hydrogen (secondary N) is 1. The zero-order chi connectivity index (χ0) is 114. The predicted molar refractivity (Wildman–Crippen MR) is 629 cm³/mol. The first-order valence-electron chi connectivity index (χ1n) is 51.6. The molecule has 2 aliphatic rings. The van der Waals surface area contributed by atoms with Gasteiger partial charge in [0.15, 0.2) is 19.2 Å². The molecule has 11 atom stereocenters. The van der Waals surface area contributed by atoms with Crippen molar-refractivity contribution in [2.45, 2.75) is 396 Å². The Hall–Kier alpha value is -3.65. The van der Waals surface area contributed by atoms with Crippen molar-refractivity contribution >= 4 is 183 Å². The molecule has 6 rings (SSSR count). The Morgan fingerprint density at radius 2 is 0.797 bits per heavy atom. The number of hydrogen-bond donors (Lipinski definition) is 5. The van der Waals surface area contributed by atoms with Crippen LogP contribution in [0, 0.1) is 75.0 Å². The van der Waals surface area contributed by atoms with E-state index in [0.717, 1.165) is 110 Å². The Labute approximate surface area is 930 Å². The molecule has 0 spiro atoms. The Morgan fingerprint density at radius 1 is 0.480 bits per heavy atom. The molecule has 0 aliphatic carbocycles. The summed E-state index contributed by atoms with van der Waals surface area (Å²) in [7, 11) is -23.6. The minimum Gasteiger partial charge on any atom is -0.396 e. The Balaban J connectivity index is 0.000000641. The van der Waals surface area contributed by atoms with Gasteiger partial charge in [-0.25, -0.2) is 84.9 Å². The number of ether oxygens (including phenoxy) is 4. The molecule has 0 bridgehead atoms. The van der Waals surface area contributed by atoms with Crippen molar-refractivity contribution in [1.29, 1.82) is 21.0 Å². The van der Waals surface area contributed by atoms with Gasteiger partial charge in [0.25, 0.3) is 0 Å². The third-order valence-electron chi connectivity index (χ3n) is 28.8. The molecule has 4 aromatic heterocycles. The van der Waals surface area contributed by atoms with Crippen LogP contribution in [0.25, 0.3) is 0 Å². The van der Waals surface area contributed by atoms with Crippen LogP contribution in [0.4, 0.5) is 17.6 Å². The van der Waals surface area contributed by atoms with E-state index in [0.29, 0.717) is 98.3 Å². The Kier molecular flexibility index (Phi) is 57.8. The third-order valence-corrected chi connectivity index (χ3v) is 68.4. The van der Waals surface area contributed by atoms with Gasteiger partial charge >= 0.3 is 0 Å². The molecule has 6 heterocycles. The zero-order valence-electron chi connectivity index (χ0n) is 94.0. The Morgan fingerprint density at radius 3 is 1.11 bits per heavy atom. The molecule has 0 radical (unpaired) electrons. The second kappa shape index (κ2) is 60.9. The second-order valence-electron chi connectivity index (χ2n) is 42.8. The van der Waals surface area contributed by atoms with Gasteiger partial charge in [-0.3, -0.25) is 0 Å². The van der Waals surface area contributed by atoms with Gasteiger partial charge in [0.2, 0.25) is 0 Å². The van der Waals surface area contributed by atoms with E-state index in [9.17, 15) is 41.0 Å². The predicted octanol–water partition coefficient (Wildman–Crippen LogP) is 21.8. The average molecular weight is 2520 g/mol. The first-order chi connectivity index (χ1) is 68.4. The summed E-state index contributed by atoms with van der Waals surface area (Å²) in [6.07, 6.45) is 9.94. The quantitative estimate of drug-likeness (QED) is 0.00684. The summed E-state index contributed by atoms with van der Waals surface area (Å²) in [6, 6.07) is 26.4. The highest BCUT2D eigenvalue weighted by Gasteiger charge is 2.50. The zero-order valence-corrected chi connectivity index (χ0v) is 109. The maximum absolute atomic E-state index is 16.8. The largest absolute Gasteiger partial charge is 0.396 e. The van der Waals surface area contributed by atoms with Crippen LogP contribution in [0.1, 0.15) is 288 Å². The SMILES string of the molecule is CC(C)(C#N)S(C)(=O)=NCCCOC1CC[CH+]CO1.CC[Si](CC)(CC)c1cc(Br)nc(C(C)=N[S@](=O)C(C)(C)C)c1F.CC[Si](CC)(CC)c1cc(Br)nc([C@@](C)(N)C[S@@](=O)(=NCCCO)C(C)(C)C#N)c1F.CC[Si](CC)(CC)c1cc(Br)nc([C@@](C)(N)C[S@](=O)(=NCCCO)C(C)(C)C#N)c1F.CC[Si](CC)(CC)c1cc(Br)nc([C@](C)(CS(=O)(=NCCCOC2CCCCO2)C(C)(C)C#N)N[S@](=O)C(C)(C)C)c1F. The highest BCUT2D eigenvalue weighted by Crippen LogP contribution is 2.39. The van der Waals surface area contributed by atoms with Gasteiger partial charge in [0.05, 0.1) is 218 Å². The van der Waals surface area contributed by atoms with Crippen LogP contribution in [-0.4, -0.2) is 224 Å². The van der Waals surface area contributed by atoms with E-state index in [2.05, 4.69) is 224 Å². The molecule has 2 aliphatic heterocycles. The van der Waals surface area contributed by atoms with Crippen LogP contribution in [0.2, 0.25) is 72.5 Å². The molecule has 7 N–H and O–H groups in total. The van der Waals surface area contributed by atoms with Gasteiger partial charge < -0.3 is 40.6 Å². The molecule has 46 heteroatoms. The van der Waals surface area contributed by atoms with Crippen LogP contribution < -0.4 is 36.9 Å². The first-order valence-corrected chi connectivity index (χ1v) is 74.5. The highest BCUT2D eigenvalue weighted by atomic mass is 79.9. The fraction of sp³-hybridized carbons (Fsp3) is 0.745. The van der Waals surface area contributed by atoms with E-state index in [1.807, 2.05) is 47.6 Å². The molecular formula is C102H175Br4F4N16O12S6Si4+. The molecule has 2 saturated heterocycles. The smallest absolute Gasteiger partial charge is 0.189 e. The van der Waals surface area contributed by atoms with Gasteiger partial charge in [0, 0.05) is 32.5 Å². The van der Waals surface area contributed by atoms with E-state index in [4.69, 9.17) is 45.9 Å². The van der Waals surface area contributed by atoms with Gasteiger partial charge in [-0.2, -0.15) is 25.4 Å². The number of hydrogen-bond acceptors (Lipinski definition) is 26. The monoisotopic (exact) mass is 2510 g/mol. The number of rotatable bonds is 49. The minimum absolute atomic E-state index is 0.0381. The molecule has 28 nitrogen and oxygen atoms in total. The molecule has 148 heavy (non-hydrogen) atoms. The van der Waals surface area contributed by atoms with E-state index in [1.165, 1.54) is 6.26 Å². The number of nitrogens with zero attached hydrogens (tertiary/aromatic N) is 13. The summed E-state index contributed by atoms with van der Waals surface area (Å²) >= 11 is 13.8. The van der Waals surface area contributed by atoms with Crippen molar-refractivity contribution in [1.82, 2.24) is 24.7 Å². The molecular weight excluding hydrogens is 2340 g/mol. The van der Waals surface area contributed by atoms with Crippen molar-refractivity contribution in [2.75, 3.05) is 89.3 Å². The van der Waals surface area contributed by atoms with Crippen molar-refractivity contribution in [2.24, 2.45) is 33.3 Å². The summed E-state index contributed by atoms with van der Waals surface area (Å²) in [5, 5.41) is 59.3. The number of nitrogens with two attached hydrogens (primary N) is 2. The van der Waals surface area contributed by atoms with Crippen molar-refractivity contribution < 1.29 is 72.0 Å². The first kappa shape index (κ1) is 140. The molecule has 4 unspecified atom stereocenters. The second-order valence-corrected chi connectivity index (χ2v) is 82.2.